The van der Waals surface area contributed by atoms with Crippen molar-refractivity contribution in [2.75, 3.05) is 39.6 Å². The van der Waals surface area contributed by atoms with E-state index in [9.17, 15) is 4.79 Å². The fraction of sp³-hybridized carbons (Fsp3) is 0.933. The molecule has 0 fully saturated rings. The summed E-state index contributed by atoms with van der Waals surface area (Å²) in [5.41, 5.74) is 0. The van der Waals surface area contributed by atoms with Gasteiger partial charge in [-0.25, -0.2) is 0 Å². The molecule has 5 heteroatoms. The van der Waals surface area contributed by atoms with Gasteiger partial charge in [-0.05, 0) is 12.8 Å². The minimum Gasteiger partial charge on any atom is -0.481 e. The second-order valence-corrected chi connectivity index (χ2v) is 4.75. The van der Waals surface area contributed by atoms with E-state index in [0.717, 1.165) is 13.0 Å². The third-order valence-electron chi connectivity index (χ3n) is 2.82. The van der Waals surface area contributed by atoms with E-state index in [1.54, 1.807) is 0 Å². The van der Waals surface area contributed by atoms with Crippen molar-refractivity contribution in [3.05, 3.63) is 0 Å². The van der Waals surface area contributed by atoms with E-state index in [2.05, 4.69) is 6.92 Å². The number of carboxylic acid groups (broad SMARTS) is 1. The van der Waals surface area contributed by atoms with Crippen molar-refractivity contribution in [1.29, 1.82) is 0 Å². The van der Waals surface area contributed by atoms with Crippen LogP contribution in [0.1, 0.15) is 51.9 Å². The van der Waals surface area contributed by atoms with Gasteiger partial charge in [-0.1, -0.05) is 32.6 Å². The molecule has 0 atom stereocenters. The number of carboxylic acids is 1. The van der Waals surface area contributed by atoms with Gasteiger partial charge in [0.1, 0.15) is 0 Å². The summed E-state index contributed by atoms with van der Waals surface area (Å²) in [6.45, 7) is 5.77. The van der Waals surface area contributed by atoms with Gasteiger partial charge in [0, 0.05) is 19.6 Å². The smallest absolute Gasteiger partial charge is 0.303 e. The summed E-state index contributed by atoms with van der Waals surface area (Å²) >= 11 is 0. The maximum Gasteiger partial charge on any atom is 0.303 e. The number of ether oxygens (including phenoxy) is 3. The van der Waals surface area contributed by atoms with Crippen molar-refractivity contribution in [1.82, 2.24) is 0 Å². The first-order valence-corrected chi connectivity index (χ1v) is 7.72. The van der Waals surface area contributed by atoms with Gasteiger partial charge in [-0.3, -0.25) is 4.79 Å². The molecule has 5 nitrogen and oxygen atoms in total. The summed E-state index contributed by atoms with van der Waals surface area (Å²) in [6, 6.07) is 0. The highest BCUT2D eigenvalue weighted by atomic mass is 16.5. The Balaban J connectivity index is 2.94. The quantitative estimate of drug-likeness (QED) is 0.443. The highest BCUT2D eigenvalue weighted by Gasteiger charge is 1.96. The van der Waals surface area contributed by atoms with E-state index in [0.29, 0.717) is 39.5 Å². The largest absolute Gasteiger partial charge is 0.481 e. The van der Waals surface area contributed by atoms with Crippen molar-refractivity contribution < 1.29 is 24.1 Å². The van der Waals surface area contributed by atoms with E-state index in [-0.39, 0.29) is 6.42 Å². The lowest BCUT2D eigenvalue weighted by Crippen LogP contribution is -2.10. The Labute approximate surface area is 122 Å². The number of hydrogen-bond donors (Lipinski definition) is 1. The molecule has 0 saturated heterocycles. The van der Waals surface area contributed by atoms with Crippen molar-refractivity contribution in [2.45, 2.75) is 51.9 Å². The van der Waals surface area contributed by atoms with Crippen LogP contribution in [0.3, 0.4) is 0 Å². The zero-order valence-electron chi connectivity index (χ0n) is 12.8. The molecule has 0 radical (unpaired) electrons. The topological polar surface area (TPSA) is 65.0 Å². The van der Waals surface area contributed by atoms with Gasteiger partial charge in [0.15, 0.2) is 0 Å². The van der Waals surface area contributed by atoms with Crippen molar-refractivity contribution in [2.24, 2.45) is 0 Å². The van der Waals surface area contributed by atoms with Gasteiger partial charge in [-0.2, -0.15) is 0 Å². The molecule has 0 spiro atoms. The van der Waals surface area contributed by atoms with E-state index >= 15 is 0 Å². The van der Waals surface area contributed by atoms with Crippen LogP contribution in [-0.2, 0) is 19.0 Å². The summed E-state index contributed by atoms with van der Waals surface area (Å²) in [4.78, 5) is 10.2. The maximum atomic E-state index is 10.2. The third kappa shape index (κ3) is 17.4. The number of rotatable bonds is 16. The molecule has 120 valence electrons. The van der Waals surface area contributed by atoms with Crippen LogP contribution < -0.4 is 0 Å². The van der Waals surface area contributed by atoms with Crippen LogP contribution in [0.15, 0.2) is 0 Å². The predicted molar refractivity (Wildman–Crippen MR) is 78.1 cm³/mol. The summed E-state index contributed by atoms with van der Waals surface area (Å²) in [5, 5.41) is 8.42. The average Bonchev–Trinajstić information content (AvgIpc) is 2.43. The maximum absolute atomic E-state index is 10.2. The van der Waals surface area contributed by atoms with E-state index in [1.807, 2.05) is 0 Å². The Kier molecular flexibility index (Phi) is 15.9. The first kappa shape index (κ1) is 19.4. The fourth-order valence-corrected chi connectivity index (χ4v) is 1.68. The highest BCUT2D eigenvalue weighted by Crippen LogP contribution is 2.02. The average molecular weight is 290 g/mol. The van der Waals surface area contributed by atoms with E-state index in [4.69, 9.17) is 19.3 Å². The van der Waals surface area contributed by atoms with Crippen LogP contribution >= 0.6 is 0 Å². The molecular formula is C15H30O5. The normalized spacial score (nSPS) is 10.8. The Hall–Kier alpha value is -0.650. The predicted octanol–water partition coefficient (Wildman–Crippen LogP) is 2.87. The molecule has 0 rings (SSSR count). The van der Waals surface area contributed by atoms with Gasteiger partial charge in [-0.15, -0.1) is 0 Å². The minimum absolute atomic E-state index is 0.160. The molecule has 0 aliphatic carbocycles. The first-order chi connectivity index (χ1) is 9.77. The molecule has 0 unspecified atom stereocenters. The van der Waals surface area contributed by atoms with Crippen LogP contribution in [0.25, 0.3) is 0 Å². The van der Waals surface area contributed by atoms with Crippen LogP contribution in [0.2, 0.25) is 0 Å². The molecule has 0 amide bonds. The highest BCUT2D eigenvalue weighted by molar-refractivity contribution is 5.66. The summed E-state index contributed by atoms with van der Waals surface area (Å²) in [7, 11) is 0. The van der Waals surface area contributed by atoms with Crippen LogP contribution in [0.4, 0.5) is 0 Å². The third-order valence-corrected chi connectivity index (χ3v) is 2.82. The SMILES string of the molecule is CCCCCCCOCCOCCOCCCC(=O)O. The molecule has 0 aromatic carbocycles. The second-order valence-electron chi connectivity index (χ2n) is 4.75. The van der Waals surface area contributed by atoms with Crippen molar-refractivity contribution >= 4 is 5.97 Å². The van der Waals surface area contributed by atoms with Gasteiger partial charge in [0.05, 0.1) is 26.4 Å². The van der Waals surface area contributed by atoms with Gasteiger partial charge >= 0.3 is 5.97 Å². The standard InChI is InChI=1S/C15H30O5/c1-2-3-4-5-6-9-18-11-13-20-14-12-19-10-7-8-15(16)17/h2-14H2,1H3,(H,16,17). The van der Waals surface area contributed by atoms with Crippen LogP contribution in [0, 0.1) is 0 Å². The Morgan fingerprint density at radius 2 is 1.25 bits per heavy atom. The molecule has 1 N–H and O–H groups in total. The lowest BCUT2D eigenvalue weighted by molar-refractivity contribution is -0.137. The summed E-state index contributed by atoms with van der Waals surface area (Å²) in [5.74, 6) is -0.781. The monoisotopic (exact) mass is 290 g/mol. The molecule has 0 aromatic heterocycles. The molecular weight excluding hydrogens is 260 g/mol. The number of unbranched alkanes of at least 4 members (excludes halogenated alkanes) is 4. The number of carbonyl (C=O) groups is 1. The molecule has 20 heavy (non-hydrogen) atoms. The number of aliphatic carboxylic acids is 1. The summed E-state index contributed by atoms with van der Waals surface area (Å²) in [6.07, 6.45) is 6.98. The number of hydrogen-bond acceptors (Lipinski definition) is 4. The van der Waals surface area contributed by atoms with E-state index in [1.165, 1.54) is 25.7 Å². The Morgan fingerprint density at radius 1 is 0.750 bits per heavy atom. The van der Waals surface area contributed by atoms with Crippen LogP contribution in [0.5, 0.6) is 0 Å². The second kappa shape index (κ2) is 16.4. The molecule has 0 saturated carbocycles. The van der Waals surface area contributed by atoms with Gasteiger partial charge in [0.2, 0.25) is 0 Å². The molecule has 0 aliphatic heterocycles. The van der Waals surface area contributed by atoms with Gasteiger partial charge in [0.25, 0.3) is 0 Å². The zero-order chi connectivity index (χ0) is 14.9. The fourth-order valence-electron chi connectivity index (χ4n) is 1.68. The van der Waals surface area contributed by atoms with Gasteiger partial charge < -0.3 is 19.3 Å². The molecule has 0 aliphatic rings. The minimum atomic E-state index is -0.781. The van der Waals surface area contributed by atoms with Crippen molar-refractivity contribution in [3.63, 3.8) is 0 Å². The van der Waals surface area contributed by atoms with Crippen molar-refractivity contribution in [3.8, 4) is 0 Å². The van der Waals surface area contributed by atoms with Crippen LogP contribution in [-0.4, -0.2) is 50.7 Å². The Morgan fingerprint density at radius 3 is 1.80 bits per heavy atom. The van der Waals surface area contributed by atoms with E-state index < -0.39 is 5.97 Å². The molecule has 0 aromatic rings. The zero-order valence-corrected chi connectivity index (χ0v) is 12.8. The summed E-state index contributed by atoms with van der Waals surface area (Å²) < 4.78 is 16.0. The molecule has 0 bridgehead atoms. The molecule has 0 heterocycles. The first-order valence-electron chi connectivity index (χ1n) is 7.72. The lowest BCUT2D eigenvalue weighted by Gasteiger charge is -2.06. The Bertz CT molecular complexity index is 208. The lowest BCUT2D eigenvalue weighted by atomic mass is 10.2.